The molecule has 20 heavy (non-hydrogen) atoms. The quantitative estimate of drug-likeness (QED) is 0.812. The third kappa shape index (κ3) is 3.63. The van der Waals surface area contributed by atoms with Crippen molar-refractivity contribution in [2.75, 3.05) is 14.2 Å². The number of hydrogen-bond acceptors (Lipinski definition) is 3. The fraction of sp³-hybridized carbons (Fsp3) is 0.312. The Morgan fingerprint density at radius 1 is 1.25 bits per heavy atom. The molecule has 2 rings (SSSR count). The molecule has 0 aliphatic carbocycles. The van der Waals surface area contributed by atoms with E-state index in [4.69, 9.17) is 9.15 Å². The summed E-state index contributed by atoms with van der Waals surface area (Å²) in [6, 6.07) is 11.5. The molecule has 1 heterocycles. The summed E-state index contributed by atoms with van der Waals surface area (Å²) in [5.74, 6) is 1.71. The Kier molecular flexibility index (Phi) is 4.82. The molecule has 0 unspecified atom stereocenters. The van der Waals surface area contributed by atoms with Crippen molar-refractivity contribution in [2.24, 2.45) is 0 Å². The fourth-order valence-corrected chi connectivity index (χ4v) is 2.07. The zero-order valence-corrected chi connectivity index (χ0v) is 11.8. The highest BCUT2D eigenvalue weighted by molar-refractivity contribution is 5.76. The van der Waals surface area contributed by atoms with Crippen LogP contribution in [0, 0.1) is 0 Å². The van der Waals surface area contributed by atoms with Crippen LogP contribution in [0.15, 0.2) is 47.1 Å². The monoisotopic (exact) mass is 273 g/mol. The van der Waals surface area contributed by atoms with Gasteiger partial charge in [0.05, 0.1) is 19.9 Å². The van der Waals surface area contributed by atoms with E-state index < -0.39 is 0 Å². The second kappa shape index (κ2) is 6.80. The molecule has 0 atom stereocenters. The highest BCUT2D eigenvalue weighted by Gasteiger charge is 2.12. The van der Waals surface area contributed by atoms with Gasteiger partial charge in [0.25, 0.3) is 0 Å². The van der Waals surface area contributed by atoms with Crippen LogP contribution in [0.5, 0.6) is 5.75 Å². The summed E-state index contributed by atoms with van der Waals surface area (Å²) in [5, 5.41) is 0. The number of carbonyl (C=O) groups excluding carboxylic acids is 1. The third-order valence-corrected chi connectivity index (χ3v) is 3.20. The molecule has 4 heteroatoms. The number of furan rings is 1. The zero-order chi connectivity index (χ0) is 14.4. The van der Waals surface area contributed by atoms with Crippen molar-refractivity contribution in [3.63, 3.8) is 0 Å². The zero-order valence-electron chi connectivity index (χ0n) is 11.8. The van der Waals surface area contributed by atoms with Crippen LogP contribution in [0.2, 0.25) is 0 Å². The van der Waals surface area contributed by atoms with Gasteiger partial charge in [0.2, 0.25) is 5.91 Å². The average molecular weight is 273 g/mol. The van der Waals surface area contributed by atoms with E-state index in [1.807, 2.05) is 36.4 Å². The van der Waals surface area contributed by atoms with Crippen molar-refractivity contribution in [2.45, 2.75) is 19.4 Å². The Labute approximate surface area is 119 Å². The van der Waals surface area contributed by atoms with Crippen LogP contribution in [0.25, 0.3) is 0 Å². The first-order valence-corrected chi connectivity index (χ1v) is 6.59. The van der Waals surface area contributed by atoms with E-state index in [1.54, 1.807) is 25.3 Å². The number of ether oxygens (including phenoxy) is 1. The summed E-state index contributed by atoms with van der Waals surface area (Å²) in [6.45, 7) is 0.498. The lowest BCUT2D eigenvalue weighted by Crippen LogP contribution is -2.26. The number of hydrogen-bond donors (Lipinski definition) is 0. The Morgan fingerprint density at radius 3 is 2.75 bits per heavy atom. The Hall–Kier alpha value is -2.23. The molecule has 2 aromatic rings. The molecule has 0 radical (unpaired) electrons. The van der Waals surface area contributed by atoms with E-state index in [-0.39, 0.29) is 5.91 Å². The van der Waals surface area contributed by atoms with Crippen molar-refractivity contribution in [1.82, 2.24) is 4.90 Å². The van der Waals surface area contributed by atoms with E-state index in [0.717, 1.165) is 17.1 Å². The third-order valence-electron chi connectivity index (χ3n) is 3.20. The van der Waals surface area contributed by atoms with E-state index in [9.17, 15) is 4.79 Å². The molecule has 1 aromatic carbocycles. The van der Waals surface area contributed by atoms with Crippen LogP contribution in [0.4, 0.5) is 0 Å². The highest BCUT2D eigenvalue weighted by atomic mass is 16.5. The van der Waals surface area contributed by atoms with Crippen molar-refractivity contribution in [3.8, 4) is 5.75 Å². The summed E-state index contributed by atoms with van der Waals surface area (Å²) in [4.78, 5) is 13.8. The topological polar surface area (TPSA) is 42.7 Å². The largest absolute Gasteiger partial charge is 0.496 e. The minimum atomic E-state index is 0.0901. The summed E-state index contributed by atoms with van der Waals surface area (Å²) >= 11 is 0. The molecule has 0 spiro atoms. The average Bonchev–Trinajstić information content (AvgIpc) is 2.97. The Balaban J connectivity index is 1.88. The van der Waals surface area contributed by atoms with E-state index >= 15 is 0 Å². The molecule has 4 nitrogen and oxygen atoms in total. The van der Waals surface area contributed by atoms with Gasteiger partial charge in [-0.15, -0.1) is 0 Å². The van der Waals surface area contributed by atoms with Gasteiger partial charge in [-0.05, 0) is 30.2 Å². The maximum Gasteiger partial charge on any atom is 0.223 e. The number of methoxy groups -OCH3 is 1. The van der Waals surface area contributed by atoms with Gasteiger partial charge in [0, 0.05) is 13.5 Å². The molecule has 0 saturated heterocycles. The summed E-state index contributed by atoms with van der Waals surface area (Å²) < 4.78 is 10.5. The standard InChI is InChI=1S/C16H19NO3/c1-17(12-14-7-5-11-20-14)16(18)10-9-13-6-3-4-8-15(13)19-2/h3-8,11H,9-10,12H2,1-2H3. The Bertz CT molecular complexity index is 549. The first-order chi connectivity index (χ1) is 9.70. The predicted molar refractivity (Wildman–Crippen MR) is 76.5 cm³/mol. The molecular weight excluding hydrogens is 254 g/mol. The Morgan fingerprint density at radius 2 is 2.05 bits per heavy atom. The molecule has 106 valence electrons. The smallest absolute Gasteiger partial charge is 0.223 e. The maximum atomic E-state index is 12.1. The second-order valence-corrected chi connectivity index (χ2v) is 4.64. The van der Waals surface area contributed by atoms with Crippen LogP contribution in [-0.4, -0.2) is 25.0 Å². The van der Waals surface area contributed by atoms with Gasteiger partial charge in [-0.25, -0.2) is 0 Å². The van der Waals surface area contributed by atoms with Crippen molar-refractivity contribution < 1.29 is 13.9 Å². The predicted octanol–water partition coefficient (Wildman–Crippen LogP) is 2.88. The number of rotatable bonds is 6. The SMILES string of the molecule is COc1ccccc1CCC(=O)N(C)Cc1ccco1. The van der Waals surface area contributed by atoms with Crippen LogP contribution in [-0.2, 0) is 17.8 Å². The molecule has 1 aromatic heterocycles. The van der Waals surface area contributed by atoms with Gasteiger partial charge in [0.1, 0.15) is 11.5 Å². The molecule has 0 bridgehead atoms. The summed E-state index contributed by atoms with van der Waals surface area (Å²) in [7, 11) is 3.43. The fourth-order valence-electron chi connectivity index (χ4n) is 2.07. The van der Waals surface area contributed by atoms with E-state index in [2.05, 4.69) is 0 Å². The summed E-state index contributed by atoms with van der Waals surface area (Å²) in [6.07, 6.45) is 2.74. The van der Waals surface area contributed by atoms with Crippen LogP contribution in [0.3, 0.4) is 0 Å². The van der Waals surface area contributed by atoms with Crippen molar-refractivity contribution >= 4 is 5.91 Å². The van der Waals surface area contributed by atoms with Crippen LogP contribution in [0.1, 0.15) is 17.7 Å². The number of amides is 1. The lowest BCUT2D eigenvalue weighted by atomic mass is 10.1. The minimum Gasteiger partial charge on any atom is -0.496 e. The van der Waals surface area contributed by atoms with Crippen LogP contribution >= 0.6 is 0 Å². The van der Waals surface area contributed by atoms with Crippen molar-refractivity contribution in [3.05, 3.63) is 54.0 Å². The van der Waals surface area contributed by atoms with E-state index in [0.29, 0.717) is 19.4 Å². The molecule has 0 N–H and O–H groups in total. The normalized spacial score (nSPS) is 10.3. The molecule has 0 aliphatic rings. The molecule has 0 fully saturated rings. The van der Waals surface area contributed by atoms with Crippen molar-refractivity contribution in [1.29, 1.82) is 0 Å². The van der Waals surface area contributed by atoms with Gasteiger partial charge in [0.15, 0.2) is 0 Å². The number of para-hydroxylation sites is 1. The number of benzene rings is 1. The number of carbonyl (C=O) groups is 1. The van der Waals surface area contributed by atoms with Gasteiger partial charge in [-0.3, -0.25) is 4.79 Å². The maximum absolute atomic E-state index is 12.1. The van der Waals surface area contributed by atoms with Crippen LogP contribution < -0.4 is 4.74 Å². The molecule has 0 saturated carbocycles. The highest BCUT2D eigenvalue weighted by Crippen LogP contribution is 2.19. The second-order valence-electron chi connectivity index (χ2n) is 4.64. The van der Waals surface area contributed by atoms with Gasteiger partial charge >= 0.3 is 0 Å². The first-order valence-electron chi connectivity index (χ1n) is 6.59. The number of nitrogens with zero attached hydrogens (tertiary/aromatic N) is 1. The van der Waals surface area contributed by atoms with E-state index in [1.165, 1.54) is 0 Å². The molecule has 0 aliphatic heterocycles. The summed E-state index contributed by atoms with van der Waals surface area (Å²) in [5.41, 5.74) is 1.05. The van der Waals surface area contributed by atoms with Gasteiger partial charge in [-0.1, -0.05) is 18.2 Å². The molecule has 1 amide bonds. The molecular formula is C16H19NO3. The first kappa shape index (κ1) is 14.2. The number of aryl methyl sites for hydroxylation is 1. The lowest BCUT2D eigenvalue weighted by molar-refractivity contribution is -0.130. The lowest BCUT2D eigenvalue weighted by Gasteiger charge is -2.16. The van der Waals surface area contributed by atoms with Gasteiger partial charge in [-0.2, -0.15) is 0 Å². The van der Waals surface area contributed by atoms with Gasteiger partial charge < -0.3 is 14.1 Å². The minimum absolute atomic E-state index is 0.0901.